The molecule has 0 aliphatic carbocycles. The van der Waals surface area contributed by atoms with Gasteiger partial charge in [0.05, 0.1) is 5.02 Å². The number of hydrogen-bond acceptors (Lipinski definition) is 2. The van der Waals surface area contributed by atoms with Crippen LogP contribution in [0.5, 0.6) is 0 Å². The van der Waals surface area contributed by atoms with Gasteiger partial charge in [-0.2, -0.15) is 0 Å². The molecule has 1 rings (SSSR count). The van der Waals surface area contributed by atoms with Gasteiger partial charge < -0.3 is 5.11 Å². The van der Waals surface area contributed by atoms with Gasteiger partial charge >= 0.3 is 5.97 Å². The lowest BCUT2D eigenvalue weighted by Crippen LogP contribution is -2.27. The molecule has 0 spiro atoms. The molecule has 0 aliphatic heterocycles. The van der Waals surface area contributed by atoms with Crippen LogP contribution in [0, 0.1) is 5.82 Å². The SMILES string of the molecule is CC(C)(SCc1ccc(Cl)c(F)c1)C(=O)O. The van der Waals surface area contributed by atoms with Crippen LogP contribution in [0.2, 0.25) is 5.02 Å². The second kappa shape index (κ2) is 5.06. The van der Waals surface area contributed by atoms with Crippen molar-refractivity contribution in [3.8, 4) is 0 Å². The third-order valence-corrected chi connectivity index (χ3v) is 3.78. The third-order valence-electron chi connectivity index (χ3n) is 2.10. The summed E-state index contributed by atoms with van der Waals surface area (Å²) in [5.74, 6) is -0.923. The average molecular weight is 263 g/mol. The Kier molecular flexibility index (Phi) is 4.21. The molecule has 0 atom stereocenters. The Balaban J connectivity index is 2.68. The van der Waals surface area contributed by atoms with Crippen LogP contribution in [0.1, 0.15) is 19.4 Å². The molecule has 1 aromatic carbocycles. The highest BCUT2D eigenvalue weighted by Crippen LogP contribution is 2.29. The largest absolute Gasteiger partial charge is 0.480 e. The maximum Gasteiger partial charge on any atom is 0.319 e. The molecule has 0 saturated carbocycles. The Morgan fingerprint density at radius 1 is 1.56 bits per heavy atom. The summed E-state index contributed by atoms with van der Waals surface area (Å²) in [7, 11) is 0. The summed E-state index contributed by atoms with van der Waals surface area (Å²) in [6.07, 6.45) is 0. The van der Waals surface area contributed by atoms with Gasteiger partial charge in [-0.1, -0.05) is 17.7 Å². The van der Waals surface area contributed by atoms with Gasteiger partial charge in [0.2, 0.25) is 0 Å². The molecule has 1 N–H and O–H groups in total. The second-order valence-corrected chi connectivity index (χ2v) is 5.86. The molecule has 0 fully saturated rings. The first kappa shape index (κ1) is 13.3. The van der Waals surface area contributed by atoms with Crippen LogP contribution in [0.15, 0.2) is 18.2 Å². The first-order valence-corrected chi connectivity index (χ1v) is 6.00. The van der Waals surface area contributed by atoms with Gasteiger partial charge in [-0.05, 0) is 31.5 Å². The van der Waals surface area contributed by atoms with Gasteiger partial charge in [-0.15, -0.1) is 11.8 Å². The van der Waals surface area contributed by atoms with Gasteiger partial charge in [0.25, 0.3) is 0 Å². The molecule has 0 saturated heterocycles. The van der Waals surface area contributed by atoms with Crippen LogP contribution in [0.3, 0.4) is 0 Å². The predicted octanol–water partition coefficient (Wildman–Crippen LogP) is 3.58. The highest BCUT2D eigenvalue weighted by Gasteiger charge is 2.27. The van der Waals surface area contributed by atoms with Crippen molar-refractivity contribution < 1.29 is 14.3 Å². The van der Waals surface area contributed by atoms with Crippen molar-refractivity contribution in [1.82, 2.24) is 0 Å². The molecule has 2 nitrogen and oxygen atoms in total. The molecule has 0 radical (unpaired) electrons. The average Bonchev–Trinajstić information content (AvgIpc) is 2.20. The zero-order valence-corrected chi connectivity index (χ0v) is 10.5. The van der Waals surface area contributed by atoms with Crippen molar-refractivity contribution in [3.63, 3.8) is 0 Å². The number of thioether (sulfide) groups is 1. The van der Waals surface area contributed by atoms with E-state index in [1.807, 2.05) is 0 Å². The van der Waals surface area contributed by atoms with E-state index >= 15 is 0 Å². The van der Waals surface area contributed by atoms with E-state index in [0.717, 1.165) is 5.56 Å². The second-order valence-electron chi connectivity index (χ2n) is 3.85. The number of halogens is 2. The van der Waals surface area contributed by atoms with Crippen LogP contribution < -0.4 is 0 Å². The van der Waals surface area contributed by atoms with E-state index in [4.69, 9.17) is 16.7 Å². The molecular weight excluding hydrogens is 251 g/mol. The summed E-state index contributed by atoms with van der Waals surface area (Å²) < 4.78 is 12.2. The smallest absolute Gasteiger partial charge is 0.319 e. The fourth-order valence-corrected chi connectivity index (χ4v) is 1.90. The van der Waals surface area contributed by atoms with E-state index in [-0.39, 0.29) is 5.02 Å². The first-order chi connectivity index (χ1) is 7.33. The minimum absolute atomic E-state index is 0.0752. The lowest BCUT2D eigenvalue weighted by atomic mass is 10.2. The standard InChI is InChI=1S/C11H12ClFO2S/c1-11(2,10(14)15)16-6-7-3-4-8(12)9(13)5-7/h3-5H,6H2,1-2H3,(H,14,15). The maximum absolute atomic E-state index is 13.1. The fraction of sp³-hybridized carbons (Fsp3) is 0.364. The molecule has 88 valence electrons. The van der Waals surface area contributed by atoms with E-state index in [1.54, 1.807) is 19.9 Å². The minimum Gasteiger partial charge on any atom is -0.480 e. The zero-order valence-electron chi connectivity index (χ0n) is 8.96. The summed E-state index contributed by atoms with van der Waals surface area (Å²) in [4.78, 5) is 10.8. The van der Waals surface area contributed by atoms with Crippen LogP contribution in [0.25, 0.3) is 0 Å². The molecule has 0 unspecified atom stereocenters. The van der Waals surface area contributed by atoms with E-state index in [0.29, 0.717) is 5.75 Å². The lowest BCUT2D eigenvalue weighted by molar-refractivity contribution is -0.138. The summed E-state index contributed by atoms with van der Waals surface area (Å²) in [6.45, 7) is 3.23. The molecular formula is C11H12ClFO2S. The van der Waals surface area contributed by atoms with Crippen LogP contribution in [-0.4, -0.2) is 15.8 Å². The monoisotopic (exact) mass is 262 g/mol. The Morgan fingerprint density at radius 2 is 2.19 bits per heavy atom. The van der Waals surface area contributed by atoms with Crippen molar-refractivity contribution in [3.05, 3.63) is 34.6 Å². The summed E-state index contributed by atoms with van der Waals surface area (Å²) in [6, 6.07) is 4.49. The van der Waals surface area contributed by atoms with Crippen molar-refractivity contribution in [1.29, 1.82) is 0 Å². The van der Waals surface area contributed by atoms with Crippen LogP contribution in [-0.2, 0) is 10.5 Å². The first-order valence-electron chi connectivity index (χ1n) is 4.64. The molecule has 0 bridgehead atoms. The van der Waals surface area contributed by atoms with Gasteiger partial charge in [0.1, 0.15) is 10.6 Å². The number of carboxylic acids is 1. The van der Waals surface area contributed by atoms with E-state index in [9.17, 15) is 9.18 Å². The number of aliphatic carboxylic acids is 1. The highest BCUT2D eigenvalue weighted by atomic mass is 35.5. The Labute approximate surface area is 103 Å². The number of carboxylic acid groups (broad SMARTS) is 1. The maximum atomic E-state index is 13.1. The molecule has 0 aromatic heterocycles. The Bertz CT molecular complexity index is 407. The molecule has 5 heteroatoms. The number of rotatable bonds is 4. The highest BCUT2D eigenvalue weighted by molar-refractivity contribution is 8.00. The van der Waals surface area contributed by atoms with Crippen molar-refractivity contribution in [2.75, 3.05) is 0 Å². The van der Waals surface area contributed by atoms with Gasteiger partial charge in [-0.25, -0.2) is 4.39 Å². The van der Waals surface area contributed by atoms with Gasteiger partial charge in [0.15, 0.2) is 0 Å². The quantitative estimate of drug-likeness (QED) is 0.901. The Hall–Kier alpha value is -0.740. The lowest BCUT2D eigenvalue weighted by Gasteiger charge is -2.18. The molecule has 16 heavy (non-hydrogen) atoms. The number of benzene rings is 1. The Morgan fingerprint density at radius 3 is 2.69 bits per heavy atom. The normalized spacial score (nSPS) is 11.5. The van der Waals surface area contributed by atoms with Crippen LogP contribution in [0.4, 0.5) is 4.39 Å². The minimum atomic E-state index is -0.882. The summed E-state index contributed by atoms with van der Waals surface area (Å²) >= 11 is 6.79. The number of hydrogen-bond donors (Lipinski definition) is 1. The predicted molar refractivity (Wildman–Crippen MR) is 64.4 cm³/mol. The molecule has 0 aliphatic rings. The van der Waals surface area contributed by atoms with E-state index < -0.39 is 16.5 Å². The topological polar surface area (TPSA) is 37.3 Å². The van der Waals surface area contributed by atoms with Crippen molar-refractivity contribution in [2.45, 2.75) is 24.3 Å². The van der Waals surface area contributed by atoms with Crippen molar-refractivity contribution >= 4 is 29.3 Å². The van der Waals surface area contributed by atoms with E-state index in [1.165, 1.54) is 23.9 Å². The fourth-order valence-electron chi connectivity index (χ4n) is 0.955. The summed E-state index contributed by atoms with van der Waals surface area (Å²) in [5, 5.41) is 8.98. The third kappa shape index (κ3) is 3.39. The van der Waals surface area contributed by atoms with Crippen LogP contribution >= 0.6 is 23.4 Å². The zero-order chi connectivity index (χ0) is 12.3. The van der Waals surface area contributed by atoms with Crippen molar-refractivity contribution in [2.24, 2.45) is 0 Å². The van der Waals surface area contributed by atoms with Gasteiger partial charge in [-0.3, -0.25) is 4.79 Å². The number of carbonyl (C=O) groups is 1. The molecule has 0 amide bonds. The molecule has 0 heterocycles. The van der Waals surface area contributed by atoms with E-state index in [2.05, 4.69) is 0 Å². The van der Waals surface area contributed by atoms with Gasteiger partial charge in [0, 0.05) is 5.75 Å². The molecule has 1 aromatic rings. The summed E-state index contributed by atoms with van der Waals surface area (Å²) in [5.41, 5.74) is 0.723.